The second-order valence-electron chi connectivity index (χ2n) is 3.64. The second kappa shape index (κ2) is 4.64. The minimum absolute atomic E-state index is 0.0886. The van der Waals surface area contributed by atoms with Crippen LogP contribution in [0.2, 0.25) is 5.02 Å². The average Bonchev–Trinajstić information content (AvgIpc) is 2.71. The Hall–Kier alpha value is -1.06. The third-order valence-electron chi connectivity index (χ3n) is 2.51. The summed E-state index contributed by atoms with van der Waals surface area (Å²) in [6.07, 6.45) is 0.982. The summed E-state index contributed by atoms with van der Waals surface area (Å²) in [4.78, 5) is 11.8. The third-order valence-corrected chi connectivity index (χ3v) is 2.84. The molecule has 1 aliphatic heterocycles. The maximum absolute atomic E-state index is 11.8. The molecule has 1 aromatic rings. The first-order valence-electron chi connectivity index (χ1n) is 5.03. The van der Waals surface area contributed by atoms with E-state index < -0.39 is 0 Å². The number of hydrogen-bond donors (Lipinski definition) is 2. The standard InChI is InChI=1S/C11H13ClN2O/c12-10-4-2-1-3-9(10)11(15)14-8-5-6-13-7-8/h1-4,8,13H,5-7H2,(H,14,15). The Bertz CT molecular complexity index is 361. The van der Waals surface area contributed by atoms with Crippen molar-refractivity contribution in [3.05, 3.63) is 34.9 Å². The maximum atomic E-state index is 11.8. The van der Waals surface area contributed by atoms with Gasteiger partial charge in [0.1, 0.15) is 0 Å². The van der Waals surface area contributed by atoms with Crippen molar-refractivity contribution in [3.63, 3.8) is 0 Å². The maximum Gasteiger partial charge on any atom is 0.253 e. The third kappa shape index (κ3) is 2.49. The van der Waals surface area contributed by atoms with Crippen LogP contribution in [0.5, 0.6) is 0 Å². The second-order valence-corrected chi connectivity index (χ2v) is 4.05. The van der Waals surface area contributed by atoms with Crippen LogP contribution in [0.1, 0.15) is 16.8 Å². The van der Waals surface area contributed by atoms with Gasteiger partial charge in [0.25, 0.3) is 5.91 Å². The fourth-order valence-electron chi connectivity index (χ4n) is 1.69. The Morgan fingerprint density at radius 2 is 2.27 bits per heavy atom. The Kier molecular flexibility index (Phi) is 3.23. The molecule has 1 heterocycles. The van der Waals surface area contributed by atoms with E-state index in [0.29, 0.717) is 10.6 Å². The molecular formula is C11H13ClN2O. The number of nitrogens with one attached hydrogen (secondary N) is 2. The molecule has 15 heavy (non-hydrogen) atoms. The molecule has 2 N–H and O–H groups in total. The predicted molar refractivity (Wildman–Crippen MR) is 60.2 cm³/mol. The van der Waals surface area contributed by atoms with Gasteiger partial charge in [0.2, 0.25) is 0 Å². The first kappa shape index (κ1) is 10.5. The van der Waals surface area contributed by atoms with Gasteiger partial charge in [-0.05, 0) is 25.1 Å². The quantitative estimate of drug-likeness (QED) is 0.798. The van der Waals surface area contributed by atoms with Gasteiger partial charge in [0.05, 0.1) is 10.6 Å². The van der Waals surface area contributed by atoms with Gasteiger partial charge in [-0.15, -0.1) is 0 Å². The summed E-state index contributed by atoms with van der Waals surface area (Å²) in [5.41, 5.74) is 0.547. The van der Waals surface area contributed by atoms with E-state index in [1.54, 1.807) is 12.1 Å². The highest BCUT2D eigenvalue weighted by atomic mass is 35.5. The van der Waals surface area contributed by atoms with Crippen LogP contribution in [0, 0.1) is 0 Å². The van der Waals surface area contributed by atoms with Crippen LogP contribution in [0.3, 0.4) is 0 Å². The fourth-order valence-corrected chi connectivity index (χ4v) is 1.91. The van der Waals surface area contributed by atoms with Crippen LogP contribution in [-0.4, -0.2) is 25.0 Å². The normalized spacial score (nSPS) is 20.2. The van der Waals surface area contributed by atoms with Crippen LogP contribution in [0.15, 0.2) is 24.3 Å². The van der Waals surface area contributed by atoms with Gasteiger partial charge in [0, 0.05) is 12.6 Å². The molecule has 0 aromatic heterocycles. The van der Waals surface area contributed by atoms with Crippen molar-refractivity contribution < 1.29 is 4.79 Å². The summed E-state index contributed by atoms with van der Waals surface area (Å²) < 4.78 is 0. The summed E-state index contributed by atoms with van der Waals surface area (Å²) in [5.74, 6) is -0.0886. The van der Waals surface area contributed by atoms with Gasteiger partial charge in [-0.25, -0.2) is 0 Å². The van der Waals surface area contributed by atoms with Crippen molar-refractivity contribution >= 4 is 17.5 Å². The highest BCUT2D eigenvalue weighted by Crippen LogP contribution is 2.15. The van der Waals surface area contributed by atoms with Gasteiger partial charge in [0.15, 0.2) is 0 Å². The molecule has 0 radical (unpaired) electrons. The Morgan fingerprint density at radius 1 is 1.47 bits per heavy atom. The summed E-state index contributed by atoms with van der Waals surface area (Å²) in [6.45, 7) is 1.81. The lowest BCUT2D eigenvalue weighted by atomic mass is 10.2. The van der Waals surface area contributed by atoms with Crippen LogP contribution in [0.25, 0.3) is 0 Å². The number of carbonyl (C=O) groups excluding carboxylic acids is 1. The molecule has 1 aromatic carbocycles. The molecule has 80 valence electrons. The largest absolute Gasteiger partial charge is 0.348 e. The first-order chi connectivity index (χ1) is 7.27. The number of hydrogen-bond acceptors (Lipinski definition) is 2. The van der Waals surface area contributed by atoms with Gasteiger partial charge in [-0.3, -0.25) is 4.79 Å². The number of carbonyl (C=O) groups is 1. The molecule has 4 heteroatoms. The lowest BCUT2D eigenvalue weighted by molar-refractivity contribution is 0.0940. The fraction of sp³-hybridized carbons (Fsp3) is 0.364. The number of benzene rings is 1. The molecule has 1 amide bonds. The Morgan fingerprint density at radius 3 is 2.93 bits per heavy atom. The van der Waals surface area contributed by atoms with Crippen molar-refractivity contribution in [1.29, 1.82) is 0 Å². The van der Waals surface area contributed by atoms with E-state index in [9.17, 15) is 4.79 Å². The summed E-state index contributed by atoms with van der Waals surface area (Å²) >= 11 is 5.93. The van der Waals surface area contributed by atoms with E-state index in [2.05, 4.69) is 10.6 Å². The van der Waals surface area contributed by atoms with E-state index in [-0.39, 0.29) is 11.9 Å². The molecule has 1 fully saturated rings. The van der Waals surface area contributed by atoms with Crippen molar-refractivity contribution in [2.75, 3.05) is 13.1 Å². The molecule has 0 bridgehead atoms. The molecule has 2 rings (SSSR count). The first-order valence-corrected chi connectivity index (χ1v) is 5.41. The smallest absolute Gasteiger partial charge is 0.253 e. The summed E-state index contributed by atoms with van der Waals surface area (Å²) in [5, 5.41) is 6.65. The Labute approximate surface area is 93.8 Å². The van der Waals surface area contributed by atoms with Crippen molar-refractivity contribution in [3.8, 4) is 0 Å². The highest BCUT2D eigenvalue weighted by molar-refractivity contribution is 6.33. The zero-order valence-corrected chi connectivity index (χ0v) is 9.05. The monoisotopic (exact) mass is 224 g/mol. The van der Waals surface area contributed by atoms with E-state index in [0.717, 1.165) is 19.5 Å². The number of amides is 1. The van der Waals surface area contributed by atoms with Gasteiger partial charge < -0.3 is 10.6 Å². The topological polar surface area (TPSA) is 41.1 Å². The molecule has 1 unspecified atom stereocenters. The van der Waals surface area contributed by atoms with E-state index in [1.807, 2.05) is 12.1 Å². The van der Waals surface area contributed by atoms with E-state index in [1.165, 1.54) is 0 Å². The molecule has 0 saturated carbocycles. The van der Waals surface area contributed by atoms with Crippen molar-refractivity contribution in [1.82, 2.24) is 10.6 Å². The minimum Gasteiger partial charge on any atom is -0.348 e. The number of halogens is 1. The van der Waals surface area contributed by atoms with Gasteiger partial charge in [-0.1, -0.05) is 23.7 Å². The Balaban J connectivity index is 2.04. The predicted octanol–water partition coefficient (Wildman–Crippen LogP) is 1.43. The van der Waals surface area contributed by atoms with E-state index in [4.69, 9.17) is 11.6 Å². The van der Waals surface area contributed by atoms with Crippen molar-refractivity contribution in [2.24, 2.45) is 0 Å². The molecule has 0 aliphatic carbocycles. The lowest BCUT2D eigenvalue weighted by Crippen LogP contribution is -2.36. The number of rotatable bonds is 2. The molecule has 0 spiro atoms. The average molecular weight is 225 g/mol. The SMILES string of the molecule is O=C(NC1CCNC1)c1ccccc1Cl. The van der Waals surface area contributed by atoms with Crippen LogP contribution >= 0.6 is 11.6 Å². The molecule has 1 aliphatic rings. The molecule has 1 atom stereocenters. The molecule has 3 nitrogen and oxygen atoms in total. The van der Waals surface area contributed by atoms with Gasteiger partial charge in [-0.2, -0.15) is 0 Å². The molecule has 1 saturated heterocycles. The van der Waals surface area contributed by atoms with Gasteiger partial charge >= 0.3 is 0 Å². The van der Waals surface area contributed by atoms with Crippen LogP contribution in [-0.2, 0) is 0 Å². The van der Waals surface area contributed by atoms with E-state index >= 15 is 0 Å². The zero-order chi connectivity index (χ0) is 10.7. The molecular weight excluding hydrogens is 212 g/mol. The zero-order valence-electron chi connectivity index (χ0n) is 8.29. The minimum atomic E-state index is -0.0886. The van der Waals surface area contributed by atoms with Crippen LogP contribution < -0.4 is 10.6 Å². The highest BCUT2D eigenvalue weighted by Gasteiger charge is 2.18. The summed E-state index contributed by atoms with van der Waals surface area (Å²) in [7, 11) is 0. The van der Waals surface area contributed by atoms with Crippen molar-refractivity contribution in [2.45, 2.75) is 12.5 Å². The lowest BCUT2D eigenvalue weighted by Gasteiger charge is -2.11. The summed E-state index contributed by atoms with van der Waals surface area (Å²) in [6, 6.07) is 7.32. The van der Waals surface area contributed by atoms with Crippen LogP contribution in [0.4, 0.5) is 0 Å².